The van der Waals surface area contributed by atoms with Gasteiger partial charge in [0.25, 0.3) is 5.91 Å². The predicted octanol–water partition coefficient (Wildman–Crippen LogP) is 1.26. The Morgan fingerprint density at radius 1 is 1.40 bits per heavy atom. The molecule has 1 aromatic heterocycles. The number of nitrogens with two attached hydrogens (primary N) is 1. The number of halogens is 3. The average Bonchev–Trinajstić information content (AvgIpc) is 3.02. The number of nitrogen functional groups attached to an aromatic ring is 1. The zero-order valence-electron chi connectivity index (χ0n) is 14.2. The highest BCUT2D eigenvalue weighted by Crippen LogP contribution is 2.31. The molecule has 7 nitrogen and oxygen atoms in total. The molecule has 1 aliphatic rings. The molecule has 140 valence electrons. The Morgan fingerprint density at radius 3 is 2.68 bits per heavy atom. The van der Waals surface area contributed by atoms with E-state index in [-0.39, 0.29) is 19.2 Å². The smallest absolute Gasteiger partial charge is 0.376 e. The molecule has 2 rings (SSSR count). The van der Waals surface area contributed by atoms with Gasteiger partial charge in [0.1, 0.15) is 0 Å². The van der Waals surface area contributed by atoms with Crippen LogP contribution in [-0.2, 0) is 10.9 Å². The van der Waals surface area contributed by atoms with Gasteiger partial charge in [-0.3, -0.25) is 4.79 Å². The maximum Gasteiger partial charge on any atom is 0.434 e. The van der Waals surface area contributed by atoms with E-state index in [0.29, 0.717) is 13.2 Å². The van der Waals surface area contributed by atoms with Gasteiger partial charge in [0.05, 0.1) is 11.7 Å². The predicted molar refractivity (Wildman–Crippen MR) is 84.9 cm³/mol. The third kappa shape index (κ3) is 5.27. The van der Waals surface area contributed by atoms with E-state index < -0.39 is 29.3 Å². The third-order valence-electron chi connectivity index (χ3n) is 3.86. The second-order valence-electron chi connectivity index (χ2n) is 6.18. The molecule has 10 heteroatoms. The third-order valence-corrected chi connectivity index (χ3v) is 3.86. The summed E-state index contributed by atoms with van der Waals surface area (Å²) in [7, 11) is 3.64. The maximum absolute atomic E-state index is 13.2. The average molecular weight is 361 g/mol. The van der Waals surface area contributed by atoms with Crippen LogP contribution in [0, 0.1) is 0 Å². The Hall–Kier alpha value is -1.94. The number of ether oxygens (including phenoxy) is 1. The second-order valence-corrected chi connectivity index (χ2v) is 6.18. The minimum absolute atomic E-state index is 0.171. The molecule has 2 heterocycles. The topological polar surface area (TPSA) is 84.6 Å². The monoisotopic (exact) mass is 361 g/mol. The first-order chi connectivity index (χ1) is 11.7. The van der Waals surface area contributed by atoms with E-state index >= 15 is 0 Å². The minimum Gasteiger partial charge on any atom is -0.376 e. The lowest BCUT2D eigenvalue weighted by atomic mass is 10.1. The number of likely N-dealkylation sites (N-methyl/N-ethyl adjacent to an activating group) is 1. The van der Waals surface area contributed by atoms with Crippen molar-refractivity contribution in [1.82, 2.24) is 19.8 Å². The first-order valence-corrected chi connectivity index (χ1v) is 7.94. The quantitative estimate of drug-likeness (QED) is 0.821. The lowest BCUT2D eigenvalue weighted by Crippen LogP contribution is -2.42. The van der Waals surface area contributed by atoms with Gasteiger partial charge in [0.2, 0.25) is 5.95 Å². The number of carbonyl (C=O) groups excluding carboxylic acids is 1. The van der Waals surface area contributed by atoms with Crippen molar-refractivity contribution < 1.29 is 22.7 Å². The standard InChI is InChI=1S/C15H22F3N5O2/c1-22(2)5-6-23(9-10-4-3-7-25-10)13(24)11-8-20-14(19)21-12(11)15(16,17)18/h8,10H,3-7,9H2,1-2H3,(H2,19,20,21)/t10-/m0/s1. The molecule has 1 atom stereocenters. The molecular formula is C15H22F3N5O2. The van der Waals surface area contributed by atoms with Crippen LogP contribution in [0.15, 0.2) is 6.20 Å². The second kappa shape index (κ2) is 7.96. The highest BCUT2D eigenvalue weighted by molar-refractivity contribution is 5.95. The molecular weight excluding hydrogens is 339 g/mol. The molecule has 0 aromatic carbocycles. The Bertz CT molecular complexity index is 603. The lowest BCUT2D eigenvalue weighted by molar-refractivity contribution is -0.141. The Labute approximate surface area is 144 Å². The molecule has 2 N–H and O–H groups in total. The molecule has 1 saturated heterocycles. The van der Waals surface area contributed by atoms with E-state index in [4.69, 9.17) is 10.5 Å². The van der Waals surface area contributed by atoms with Crippen molar-refractivity contribution in [1.29, 1.82) is 0 Å². The van der Waals surface area contributed by atoms with E-state index in [9.17, 15) is 18.0 Å². The fraction of sp³-hybridized carbons (Fsp3) is 0.667. The summed E-state index contributed by atoms with van der Waals surface area (Å²) >= 11 is 0. The summed E-state index contributed by atoms with van der Waals surface area (Å²) in [5.74, 6) is -1.30. The molecule has 25 heavy (non-hydrogen) atoms. The molecule has 0 bridgehead atoms. The van der Waals surface area contributed by atoms with Crippen LogP contribution in [-0.4, -0.2) is 72.1 Å². The zero-order chi connectivity index (χ0) is 18.6. The van der Waals surface area contributed by atoms with Gasteiger partial charge in [-0.05, 0) is 26.9 Å². The van der Waals surface area contributed by atoms with Crippen LogP contribution in [0.1, 0.15) is 28.9 Å². The lowest BCUT2D eigenvalue weighted by Gasteiger charge is -2.27. The Morgan fingerprint density at radius 2 is 2.12 bits per heavy atom. The summed E-state index contributed by atoms with van der Waals surface area (Å²) in [5.41, 5.74) is 3.35. The number of carbonyl (C=O) groups is 1. The first-order valence-electron chi connectivity index (χ1n) is 7.94. The number of hydrogen-bond donors (Lipinski definition) is 1. The van der Waals surface area contributed by atoms with Gasteiger partial charge in [0.15, 0.2) is 5.69 Å². The summed E-state index contributed by atoms with van der Waals surface area (Å²) < 4.78 is 45.2. The SMILES string of the molecule is CN(C)CCN(C[C@@H]1CCCO1)C(=O)c1cnc(N)nc1C(F)(F)F. The van der Waals surface area contributed by atoms with Crippen LogP contribution in [0.2, 0.25) is 0 Å². The van der Waals surface area contributed by atoms with Crippen molar-refractivity contribution in [3.8, 4) is 0 Å². The number of aromatic nitrogens is 2. The van der Waals surface area contributed by atoms with Crippen LogP contribution in [0.3, 0.4) is 0 Å². The summed E-state index contributed by atoms with van der Waals surface area (Å²) in [5, 5.41) is 0. The number of nitrogens with zero attached hydrogens (tertiary/aromatic N) is 4. The van der Waals surface area contributed by atoms with E-state index in [2.05, 4.69) is 9.97 Å². The molecule has 0 radical (unpaired) electrons. The van der Waals surface area contributed by atoms with Gasteiger partial charge in [-0.1, -0.05) is 0 Å². The van der Waals surface area contributed by atoms with Crippen LogP contribution in [0.5, 0.6) is 0 Å². The summed E-state index contributed by atoms with van der Waals surface area (Å²) in [4.78, 5) is 22.8. The van der Waals surface area contributed by atoms with Gasteiger partial charge >= 0.3 is 6.18 Å². The molecule has 1 aromatic rings. The van der Waals surface area contributed by atoms with E-state index in [0.717, 1.165) is 19.0 Å². The van der Waals surface area contributed by atoms with Crippen molar-refractivity contribution in [2.24, 2.45) is 0 Å². The molecule has 0 unspecified atom stereocenters. The van der Waals surface area contributed by atoms with E-state index in [1.165, 1.54) is 4.90 Å². The summed E-state index contributed by atoms with van der Waals surface area (Å²) in [6, 6.07) is 0. The highest BCUT2D eigenvalue weighted by Gasteiger charge is 2.39. The van der Waals surface area contributed by atoms with Crippen LogP contribution in [0.25, 0.3) is 0 Å². The molecule has 1 fully saturated rings. The number of anilines is 1. The molecule has 0 saturated carbocycles. The summed E-state index contributed by atoms with van der Waals surface area (Å²) in [6.07, 6.45) is -2.48. The number of hydrogen-bond acceptors (Lipinski definition) is 6. The zero-order valence-corrected chi connectivity index (χ0v) is 14.2. The van der Waals surface area contributed by atoms with Gasteiger partial charge in [-0.25, -0.2) is 9.97 Å². The van der Waals surface area contributed by atoms with E-state index in [1.807, 2.05) is 19.0 Å². The van der Waals surface area contributed by atoms with Crippen molar-refractivity contribution in [2.75, 3.05) is 46.1 Å². The maximum atomic E-state index is 13.2. The highest BCUT2D eigenvalue weighted by atomic mass is 19.4. The van der Waals surface area contributed by atoms with Crippen molar-refractivity contribution in [3.63, 3.8) is 0 Å². The van der Waals surface area contributed by atoms with Gasteiger partial charge in [-0.15, -0.1) is 0 Å². The molecule has 0 aliphatic carbocycles. The van der Waals surface area contributed by atoms with Crippen LogP contribution in [0.4, 0.5) is 19.1 Å². The number of amides is 1. The van der Waals surface area contributed by atoms with Crippen molar-refractivity contribution >= 4 is 11.9 Å². The number of alkyl halides is 3. The van der Waals surface area contributed by atoms with Crippen molar-refractivity contribution in [3.05, 3.63) is 17.5 Å². The Balaban J connectivity index is 2.28. The minimum atomic E-state index is -4.79. The molecule has 1 amide bonds. The first kappa shape index (κ1) is 19.4. The van der Waals surface area contributed by atoms with Crippen LogP contribution >= 0.6 is 0 Å². The van der Waals surface area contributed by atoms with Crippen LogP contribution < -0.4 is 5.73 Å². The largest absolute Gasteiger partial charge is 0.434 e. The van der Waals surface area contributed by atoms with Gasteiger partial charge < -0.3 is 20.3 Å². The van der Waals surface area contributed by atoms with Gasteiger partial charge in [0, 0.05) is 32.4 Å². The summed E-state index contributed by atoms with van der Waals surface area (Å²) in [6.45, 7) is 1.61. The Kier molecular flexibility index (Phi) is 6.17. The van der Waals surface area contributed by atoms with Crippen molar-refractivity contribution in [2.45, 2.75) is 25.1 Å². The van der Waals surface area contributed by atoms with E-state index in [1.54, 1.807) is 0 Å². The van der Waals surface area contributed by atoms with Gasteiger partial charge in [-0.2, -0.15) is 13.2 Å². The molecule has 0 spiro atoms. The number of rotatable bonds is 6. The fourth-order valence-electron chi connectivity index (χ4n) is 2.57. The molecule has 1 aliphatic heterocycles. The fourth-order valence-corrected chi connectivity index (χ4v) is 2.57. The normalized spacial score (nSPS) is 17.9.